The van der Waals surface area contributed by atoms with Gasteiger partial charge in [0.2, 0.25) is 11.8 Å². The third-order valence-electron chi connectivity index (χ3n) is 9.61. The van der Waals surface area contributed by atoms with Crippen molar-refractivity contribution < 1.29 is 14.8 Å². The van der Waals surface area contributed by atoms with Crippen LogP contribution in [0.2, 0.25) is 0 Å². The van der Waals surface area contributed by atoms with Gasteiger partial charge in [0.1, 0.15) is 6.04 Å². The van der Waals surface area contributed by atoms with Gasteiger partial charge >= 0.3 is 0 Å². The van der Waals surface area contributed by atoms with E-state index >= 15 is 0 Å². The highest BCUT2D eigenvalue weighted by molar-refractivity contribution is 5.90. The van der Waals surface area contributed by atoms with Crippen molar-refractivity contribution in [2.75, 3.05) is 23.7 Å². The molecule has 4 aliphatic heterocycles. The number of benzene rings is 2. The van der Waals surface area contributed by atoms with E-state index in [0.717, 1.165) is 34.5 Å². The van der Waals surface area contributed by atoms with Crippen molar-refractivity contribution in [3.63, 3.8) is 0 Å². The van der Waals surface area contributed by atoms with Crippen molar-refractivity contribution in [2.45, 2.75) is 50.4 Å². The van der Waals surface area contributed by atoms with Crippen LogP contribution in [0.5, 0.6) is 0 Å². The first kappa shape index (κ1) is 25.8. The molecule has 1 fully saturated rings. The van der Waals surface area contributed by atoms with E-state index in [9.17, 15) is 24.8 Å². The number of piperidine rings is 1. The van der Waals surface area contributed by atoms with Crippen LogP contribution in [-0.4, -0.2) is 52.2 Å². The number of hydrogen-bond acceptors (Lipinski definition) is 7. The molecule has 0 radical (unpaired) electrons. The predicted octanol–water partition coefficient (Wildman–Crippen LogP) is 2.41. The maximum absolute atomic E-state index is 14.7. The molecule has 2 bridgehead atoms. The van der Waals surface area contributed by atoms with E-state index in [-0.39, 0.29) is 46.2 Å². The number of nitrogens with zero attached hydrogens (tertiary/aromatic N) is 4. The number of nitrogens with one attached hydrogen (secondary N) is 1. The van der Waals surface area contributed by atoms with Crippen molar-refractivity contribution >= 4 is 23.2 Å². The predicted molar refractivity (Wildman–Crippen MR) is 153 cm³/mol. The molecular weight excluding hydrogens is 522 g/mol. The third-order valence-corrected chi connectivity index (χ3v) is 9.61. The average Bonchev–Trinajstić information content (AvgIpc) is 2.99. The van der Waals surface area contributed by atoms with Gasteiger partial charge in [-0.05, 0) is 59.7 Å². The fourth-order valence-corrected chi connectivity index (χ4v) is 7.81. The highest BCUT2D eigenvalue weighted by atomic mass is 16.8. The number of rotatable bonds is 3. The maximum atomic E-state index is 14.7. The van der Waals surface area contributed by atoms with Gasteiger partial charge in [0, 0.05) is 62.5 Å². The van der Waals surface area contributed by atoms with E-state index in [0.29, 0.717) is 32.5 Å². The summed E-state index contributed by atoms with van der Waals surface area (Å²) in [5, 5.41) is 24.0. The highest BCUT2D eigenvalue weighted by Gasteiger charge is 2.51. The third kappa shape index (κ3) is 4.12. The number of carbonyl (C=O) groups excluding carboxylic acids is 2. The monoisotopic (exact) mass is 554 g/mol. The number of amides is 2. The van der Waals surface area contributed by atoms with Crippen LogP contribution in [-0.2, 0) is 35.5 Å². The fourth-order valence-electron chi connectivity index (χ4n) is 7.81. The van der Waals surface area contributed by atoms with Gasteiger partial charge in [-0.3, -0.25) is 19.6 Å². The molecule has 4 aliphatic rings. The van der Waals surface area contributed by atoms with Gasteiger partial charge in [-0.1, -0.05) is 30.3 Å². The lowest BCUT2D eigenvalue weighted by molar-refractivity contribution is -0.146. The molecule has 10 heteroatoms. The standard InChI is InChI=1S/C31H32N5O5/c1-32-30(38)27-14-18-5-2-3-6-19(18)15-35(27)31(39)24-13-20-12-23(36(40)41)9-10-26(20)34-16-21-11-22(29(24)34)17-33-25(21)7-4-8-28(33)37/h2-10,12,21-22,24,27,29,40H,11,13-17H2,1H3,(H,32,38)/q-1. The minimum absolute atomic E-state index is 0.0276. The number of carbonyl (C=O) groups is 2. The topological polar surface area (TPSA) is 121 Å². The van der Waals surface area contributed by atoms with Crippen LogP contribution in [0.15, 0.2) is 65.5 Å². The molecule has 5 unspecified atom stereocenters. The summed E-state index contributed by atoms with van der Waals surface area (Å²) in [6, 6.07) is 17.6. The summed E-state index contributed by atoms with van der Waals surface area (Å²) in [7, 11) is 1.59. The number of likely N-dealkylation sites (N-methyl/N-ethyl adjacent to an activating group) is 1. The lowest BCUT2D eigenvalue weighted by Crippen LogP contribution is -2.63. The molecule has 7 rings (SSSR count). The second kappa shape index (κ2) is 9.74. The van der Waals surface area contributed by atoms with Gasteiger partial charge in [0.15, 0.2) is 0 Å². The number of anilines is 2. The smallest absolute Gasteiger partial charge is 0.250 e. The van der Waals surface area contributed by atoms with Crippen molar-refractivity contribution in [3.05, 3.63) is 98.6 Å². The first-order valence-electron chi connectivity index (χ1n) is 14.2. The normalized spacial score (nSPS) is 25.8. The number of hydrogen-bond donors (Lipinski definition) is 2. The van der Waals surface area contributed by atoms with E-state index in [2.05, 4.69) is 10.2 Å². The second-order valence-electron chi connectivity index (χ2n) is 11.7. The molecule has 2 amide bonds. The molecule has 0 aliphatic carbocycles. The van der Waals surface area contributed by atoms with Crippen molar-refractivity contribution in [1.29, 1.82) is 0 Å². The van der Waals surface area contributed by atoms with Crippen LogP contribution >= 0.6 is 0 Å². The molecule has 0 spiro atoms. The first-order chi connectivity index (χ1) is 19.8. The van der Waals surface area contributed by atoms with Crippen LogP contribution in [0, 0.1) is 17.0 Å². The first-order valence-corrected chi connectivity index (χ1v) is 14.2. The Bertz CT molecular complexity index is 1600. The lowest BCUT2D eigenvalue weighted by Gasteiger charge is -2.55. The number of aromatic nitrogens is 1. The fraction of sp³-hybridized carbons (Fsp3) is 0.387. The van der Waals surface area contributed by atoms with E-state index in [1.165, 1.54) is 0 Å². The van der Waals surface area contributed by atoms with Crippen LogP contribution < -0.4 is 21.0 Å². The molecule has 0 saturated carbocycles. The molecular formula is C31H32N5O5-. The summed E-state index contributed by atoms with van der Waals surface area (Å²) in [6.45, 7) is 1.49. The quantitative estimate of drug-likeness (QED) is 0.477. The Morgan fingerprint density at radius 2 is 1.80 bits per heavy atom. The Morgan fingerprint density at radius 3 is 2.59 bits per heavy atom. The molecule has 212 valence electrons. The Hall–Kier alpha value is -4.15. The number of pyridine rings is 1. The van der Waals surface area contributed by atoms with Crippen LogP contribution in [0.1, 0.15) is 34.7 Å². The van der Waals surface area contributed by atoms with Crippen molar-refractivity contribution in [1.82, 2.24) is 14.8 Å². The van der Waals surface area contributed by atoms with Gasteiger partial charge in [0.05, 0.1) is 11.6 Å². The average molecular weight is 555 g/mol. The van der Waals surface area contributed by atoms with E-state index < -0.39 is 12.0 Å². The minimum atomic E-state index is -0.635. The van der Waals surface area contributed by atoms with E-state index in [1.807, 2.05) is 41.0 Å². The second-order valence-corrected chi connectivity index (χ2v) is 11.7. The SMILES string of the molecule is CNC(=O)C1Cc2ccccc2CN1C(=O)C1Cc2cc(N([O-])O)ccc2N2CC3CC(Cn4c3cccc4=O)C12. The molecule has 41 heavy (non-hydrogen) atoms. The molecule has 5 heterocycles. The van der Waals surface area contributed by atoms with Gasteiger partial charge < -0.3 is 30.1 Å². The Labute approximate surface area is 237 Å². The molecule has 5 atom stereocenters. The molecule has 1 aromatic heterocycles. The molecule has 2 aromatic carbocycles. The maximum Gasteiger partial charge on any atom is 0.250 e. The summed E-state index contributed by atoms with van der Waals surface area (Å²) in [4.78, 5) is 44.6. The van der Waals surface area contributed by atoms with Crippen LogP contribution in [0.25, 0.3) is 0 Å². The Kier molecular flexibility index (Phi) is 6.13. The highest BCUT2D eigenvalue weighted by Crippen LogP contribution is 2.48. The summed E-state index contributed by atoms with van der Waals surface area (Å²) in [6.07, 6.45) is 1.68. The lowest BCUT2D eigenvalue weighted by atomic mass is 9.69. The van der Waals surface area contributed by atoms with Crippen LogP contribution in [0.3, 0.4) is 0 Å². The van der Waals surface area contributed by atoms with Gasteiger partial charge in [-0.2, -0.15) is 0 Å². The zero-order valence-electron chi connectivity index (χ0n) is 22.8. The molecule has 2 N–H and O–H groups in total. The number of fused-ring (bicyclic) bond motifs is 9. The summed E-state index contributed by atoms with van der Waals surface area (Å²) < 4.78 is 1.86. The van der Waals surface area contributed by atoms with Crippen molar-refractivity contribution in [3.8, 4) is 0 Å². The summed E-state index contributed by atoms with van der Waals surface area (Å²) in [5.41, 5.74) is 4.93. The Balaban J connectivity index is 1.32. The van der Waals surface area contributed by atoms with Crippen molar-refractivity contribution in [2.24, 2.45) is 11.8 Å². The molecule has 1 saturated heterocycles. The summed E-state index contributed by atoms with van der Waals surface area (Å²) >= 11 is 0. The zero-order chi connectivity index (χ0) is 28.4. The van der Waals surface area contributed by atoms with Gasteiger partial charge in [-0.15, -0.1) is 0 Å². The summed E-state index contributed by atoms with van der Waals surface area (Å²) in [5.74, 6) is -0.637. The van der Waals surface area contributed by atoms with Gasteiger partial charge in [0.25, 0.3) is 5.56 Å². The largest absolute Gasteiger partial charge is 0.733 e. The Morgan fingerprint density at radius 1 is 1.00 bits per heavy atom. The van der Waals surface area contributed by atoms with Gasteiger partial charge in [-0.25, -0.2) is 0 Å². The zero-order valence-corrected chi connectivity index (χ0v) is 22.8. The van der Waals surface area contributed by atoms with Crippen LogP contribution in [0.4, 0.5) is 11.4 Å². The molecule has 3 aromatic rings. The minimum Gasteiger partial charge on any atom is -0.733 e. The van der Waals surface area contributed by atoms with E-state index in [1.54, 1.807) is 36.2 Å². The van der Waals surface area contributed by atoms with E-state index in [4.69, 9.17) is 0 Å². The molecule has 10 nitrogen and oxygen atoms in total.